The minimum Gasteiger partial charge on any atom is -0.506 e. The van der Waals surface area contributed by atoms with E-state index in [0.29, 0.717) is 18.8 Å². The first-order chi connectivity index (χ1) is 10.6. The fourth-order valence-corrected chi connectivity index (χ4v) is 2.77. The number of nitrogens with two attached hydrogens (primary N) is 1. The van der Waals surface area contributed by atoms with E-state index in [2.05, 4.69) is 11.8 Å². The summed E-state index contributed by atoms with van der Waals surface area (Å²) in [6.07, 6.45) is -0.281. The van der Waals surface area contributed by atoms with Crippen LogP contribution in [0.1, 0.15) is 34.6 Å². The molecular weight excluding hydrogens is 294 g/mol. The summed E-state index contributed by atoms with van der Waals surface area (Å²) in [4.78, 5) is 16.3. The van der Waals surface area contributed by atoms with Crippen molar-refractivity contribution in [3.8, 4) is 5.75 Å². The Balaban J connectivity index is 2.12. The molecule has 6 nitrogen and oxygen atoms in total. The van der Waals surface area contributed by atoms with Crippen LogP contribution in [0.4, 0.5) is 16.2 Å². The van der Waals surface area contributed by atoms with Gasteiger partial charge in [-0.3, -0.25) is 0 Å². The van der Waals surface area contributed by atoms with Crippen molar-refractivity contribution in [1.82, 2.24) is 4.90 Å². The number of hydrogen-bond acceptors (Lipinski definition) is 5. The van der Waals surface area contributed by atoms with Crippen molar-refractivity contribution in [2.75, 3.05) is 23.7 Å². The van der Waals surface area contributed by atoms with E-state index in [1.165, 1.54) is 0 Å². The highest BCUT2D eigenvalue weighted by Gasteiger charge is 2.34. The Morgan fingerprint density at radius 2 is 1.91 bits per heavy atom. The van der Waals surface area contributed by atoms with E-state index < -0.39 is 5.60 Å². The van der Waals surface area contributed by atoms with Gasteiger partial charge in [-0.05, 0) is 46.8 Å². The van der Waals surface area contributed by atoms with E-state index in [4.69, 9.17) is 10.5 Å². The zero-order valence-electron chi connectivity index (χ0n) is 14.5. The molecule has 1 fully saturated rings. The Hall–Kier alpha value is -2.11. The van der Waals surface area contributed by atoms with E-state index in [0.717, 1.165) is 5.69 Å². The van der Waals surface area contributed by atoms with Gasteiger partial charge in [0, 0.05) is 36.9 Å². The molecular formula is C17H27N3O3. The molecule has 2 unspecified atom stereocenters. The lowest BCUT2D eigenvalue weighted by Crippen LogP contribution is -2.59. The zero-order valence-corrected chi connectivity index (χ0v) is 14.5. The summed E-state index contributed by atoms with van der Waals surface area (Å²) >= 11 is 0. The molecule has 0 saturated carbocycles. The van der Waals surface area contributed by atoms with E-state index >= 15 is 0 Å². The average molecular weight is 321 g/mol. The number of phenolic OH excluding ortho intramolecular Hbond substituents is 1. The van der Waals surface area contributed by atoms with Gasteiger partial charge in [-0.1, -0.05) is 0 Å². The Morgan fingerprint density at radius 3 is 2.48 bits per heavy atom. The van der Waals surface area contributed by atoms with Gasteiger partial charge in [0.15, 0.2) is 0 Å². The second-order valence-electron chi connectivity index (χ2n) is 7.23. The molecule has 3 N–H and O–H groups in total. The minimum absolute atomic E-state index is 0.0146. The number of piperazine rings is 1. The highest BCUT2D eigenvalue weighted by Crippen LogP contribution is 2.30. The third kappa shape index (κ3) is 4.00. The Morgan fingerprint density at radius 1 is 1.26 bits per heavy atom. The van der Waals surface area contributed by atoms with Crippen molar-refractivity contribution in [2.24, 2.45) is 0 Å². The van der Waals surface area contributed by atoms with Gasteiger partial charge in [0.05, 0.1) is 5.69 Å². The molecule has 0 spiro atoms. The molecule has 128 valence electrons. The SMILES string of the molecule is CC1CN(c2ccc(N)c(O)c2)C(C)CN1C(=O)OC(C)(C)C. The quantitative estimate of drug-likeness (QED) is 0.614. The standard InChI is InChI=1S/C17H27N3O3/c1-11-10-20(16(22)23-17(3,4)5)12(2)9-19(11)13-6-7-14(18)15(21)8-13/h6-8,11-12,21H,9-10,18H2,1-5H3. The van der Waals surface area contributed by atoms with Crippen LogP contribution < -0.4 is 10.6 Å². The van der Waals surface area contributed by atoms with E-state index in [-0.39, 0.29) is 23.9 Å². The predicted molar refractivity (Wildman–Crippen MR) is 91.7 cm³/mol. The van der Waals surface area contributed by atoms with E-state index in [1.54, 1.807) is 17.0 Å². The maximum atomic E-state index is 12.3. The molecule has 2 atom stereocenters. The molecule has 0 aromatic heterocycles. The first-order valence-electron chi connectivity index (χ1n) is 7.93. The summed E-state index contributed by atoms with van der Waals surface area (Å²) in [5.74, 6) is 0.0805. The largest absolute Gasteiger partial charge is 0.506 e. The second-order valence-corrected chi connectivity index (χ2v) is 7.23. The fraction of sp³-hybridized carbons (Fsp3) is 0.588. The van der Waals surface area contributed by atoms with Gasteiger partial charge in [0.2, 0.25) is 0 Å². The third-order valence-corrected chi connectivity index (χ3v) is 3.96. The Labute approximate surface area is 137 Å². The molecule has 0 aliphatic carbocycles. The number of carbonyl (C=O) groups is 1. The van der Waals surface area contributed by atoms with Crippen LogP contribution >= 0.6 is 0 Å². The molecule has 2 rings (SSSR count). The highest BCUT2D eigenvalue weighted by atomic mass is 16.6. The van der Waals surface area contributed by atoms with Gasteiger partial charge >= 0.3 is 6.09 Å². The average Bonchev–Trinajstić information content (AvgIpc) is 2.42. The molecule has 0 bridgehead atoms. The summed E-state index contributed by atoms with van der Waals surface area (Å²) in [6, 6.07) is 5.38. The summed E-state index contributed by atoms with van der Waals surface area (Å²) in [5, 5.41) is 9.81. The number of ether oxygens (including phenoxy) is 1. The number of anilines is 2. The third-order valence-electron chi connectivity index (χ3n) is 3.96. The van der Waals surface area contributed by atoms with Gasteiger partial charge in [0.25, 0.3) is 0 Å². The number of carbonyl (C=O) groups excluding carboxylic acids is 1. The zero-order chi connectivity index (χ0) is 17.4. The molecule has 1 aliphatic rings. The molecule has 23 heavy (non-hydrogen) atoms. The molecule has 1 aromatic rings. The van der Waals surface area contributed by atoms with Crippen molar-refractivity contribution in [3.05, 3.63) is 18.2 Å². The number of benzene rings is 1. The molecule has 6 heteroatoms. The van der Waals surface area contributed by atoms with Crippen molar-refractivity contribution in [1.29, 1.82) is 0 Å². The summed E-state index contributed by atoms with van der Waals surface area (Å²) in [5.41, 5.74) is 6.43. The smallest absolute Gasteiger partial charge is 0.410 e. The van der Waals surface area contributed by atoms with Crippen molar-refractivity contribution in [3.63, 3.8) is 0 Å². The van der Waals surface area contributed by atoms with Crippen LogP contribution in [0, 0.1) is 0 Å². The first-order valence-corrected chi connectivity index (χ1v) is 7.93. The molecule has 1 heterocycles. The second kappa shape index (κ2) is 6.18. The fourth-order valence-electron chi connectivity index (χ4n) is 2.77. The van der Waals surface area contributed by atoms with Gasteiger partial charge in [-0.25, -0.2) is 4.79 Å². The lowest BCUT2D eigenvalue weighted by atomic mass is 10.1. The molecule has 1 amide bonds. The number of hydrogen-bond donors (Lipinski definition) is 2. The van der Waals surface area contributed by atoms with Gasteiger partial charge in [-0.2, -0.15) is 0 Å². The Bertz CT molecular complexity index is 583. The number of aromatic hydroxyl groups is 1. The van der Waals surface area contributed by atoms with Gasteiger partial charge < -0.3 is 25.4 Å². The number of nitrogens with zero attached hydrogens (tertiary/aromatic N) is 2. The number of amides is 1. The van der Waals surface area contributed by atoms with Crippen molar-refractivity contribution >= 4 is 17.5 Å². The van der Waals surface area contributed by atoms with Gasteiger partial charge in [-0.15, -0.1) is 0 Å². The Kier molecular flexibility index (Phi) is 4.63. The summed E-state index contributed by atoms with van der Waals surface area (Å²) in [6.45, 7) is 10.9. The monoisotopic (exact) mass is 321 g/mol. The molecule has 0 radical (unpaired) electrons. The maximum Gasteiger partial charge on any atom is 0.410 e. The van der Waals surface area contributed by atoms with Crippen LogP contribution in [0.5, 0.6) is 5.75 Å². The molecule has 1 aromatic carbocycles. The summed E-state index contributed by atoms with van der Waals surface area (Å²) < 4.78 is 5.48. The number of rotatable bonds is 1. The number of phenols is 1. The van der Waals surface area contributed by atoms with Crippen LogP contribution in [0.3, 0.4) is 0 Å². The van der Waals surface area contributed by atoms with Crippen molar-refractivity contribution < 1.29 is 14.6 Å². The minimum atomic E-state index is -0.500. The lowest BCUT2D eigenvalue weighted by Gasteiger charge is -2.45. The first kappa shape index (κ1) is 17.2. The van der Waals surface area contributed by atoms with Crippen LogP contribution in [0.25, 0.3) is 0 Å². The maximum absolute atomic E-state index is 12.3. The van der Waals surface area contributed by atoms with Crippen LogP contribution in [0.2, 0.25) is 0 Å². The summed E-state index contributed by atoms with van der Waals surface area (Å²) in [7, 11) is 0. The predicted octanol–water partition coefficient (Wildman–Crippen LogP) is 2.81. The molecule has 1 saturated heterocycles. The van der Waals surface area contributed by atoms with E-state index in [9.17, 15) is 9.90 Å². The van der Waals surface area contributed by atoms with Gasteiger partial charge in [0.1, 0.15) is 11.4 Å². The van der Waals surface area contributed by atoms with E-state index in [1.807, 2.05) is 33.8 Å². The van der Waals surface area contributed by atoms with Crippen LogP contribution in [0.15, 0.2) is 18.2 Å². The highest BCUT2D eigenvalue weighted by molar-refractivity contribution is 5.70. The van der Waals surface area contributed by atoms with Crippen LogP contribution in [-0.4, -0.2) is 46.9 Å². The topological polar surface area (TPSA) is 79.0 Å². The normalized spacial score (nSPS) is 22.1. The lowest BCUT2D eigenvalue weighted by molar-refractivity contribution is 0.0130. The van der Waals surface area contributed by atoms with Crippen LogP contribution in [-0.2, 0) is 4.74 Å². The number of nitrogen functional groups attached to an aromatic ring is 1. The van der Waals surface area contributed by atoms with Crippen molar-refractivity contribution in [2.45, 2.75) is 52.3 Å². The molecule has 1 aliphatic heterocycles.